The number of hydrogen-bond donors (Lipinski definition) is 1. The van der Waals surface area contributed by atoms with Crippen LogP contribution in [-0.4, -0.2) is 43.6 Å². The molecular weight excluding hydrogens is 420 g/mol. The molecule has 1 aliphatic heterocycles. The minimum absolute atomic E-state index is 0.485. The monoisotopic (exact) mass is 452 g/mol. The minimum Gasteiger partial charge on any atom is -0.496 e. The Morgan fingerprint density at radius 2 is 1.84 bits per heavy atom. The van der Waals surface area contributed by atoms with Gasteiger partial charge in [0, 0.05) is 24.1 Å². The van der Waals surface area contributed by atoms with Gasteiger partial charge in [-0.1, -0.05) is 61.7 Å². The lowest BCUT2D eigenvalue weighted by Crippen LogP contribution is -2.53. The number of nitrogens with two attached hydrogens (primary N) is 1. The largest absolute Gasteiger partial charge is 0.496 e. The first-order valence-corrected chi connectivity index (χ1v) is 12.1. The Kier molecular flexibility index (Phi) is 7.36. The normalized spacial score (nSPS) is 22.3. The van der Waals surface area contributed by atoms with Crippen molar-refractivity contribution < 1.29 is 14.3 Å². The highest BCUT2D eigenvalue weighted by atomic mass is 32.2. The van der Waals surface area contributed by atoms with E-state index in [1.807, 2.05) is 22.5 Å². The molecule has 1 atom stereocenters. The van der Waals surface area contributed by atoms with Crippen LogP contribution in [0.2, 0.25) is 0 Å². The molecule has 0 bridgehead atoms. The lowest BCUT2D eigenvalue weighted by Gasteiger charge is -2.31. The highest BCUT2D eigenvalue weighted by Gasteiger charge is 2.46. The molecule has 32 heavy (non-hydrogen) atoms. The summed E-state index contributed by atoms with van der Waals surface area (Å²) in [5, 5.41) is 0. The third kappa shape index (κ3) is 4.37. The average molecular weight is 453 g/mol. The van der Waals surface area contributed by atoms with Crippen molar-refractivity contribution in [3.8, 4) is 5.75 Å². The van der Waals surface area contributed by atoms with E-state index in [-0.39, 0.29) is 0 Å². The highest BCUT2D eigenvalue weighted by Crippen LogP contribution is 2.51. The number of carbonyl (C=O) groups is 1. The van der Waals surface area contributed by atoms with Gasteiger partial charge in [-0.3, -0.25) is 4.79 Å². The molecule has 1 heterocycles. The zero-order chi connectivity index (χ0) is 22.6. The molecule has 1 fully saturated rings. The van der Waals surface area contributed by atoms with Crippen LogP contribution < -0.4 is 10.5 Å². The molecule has 6 heteroatoms. The van der Waals surface area contributed by atoms with Gasteiger partial charge in [-0.15, -0.1) is 0 Å². The molecule has 1 saturated carbocycles. The maximum absolute atomic E-state index is 12.4. The van der Waals surface area contributed by atoms with E-state index in [9.17, 15) is 4.79 Å². The van der Waals surface area contributed by atoms with Crippen LogP contribution in [0, 0.1) is 0 Å². The van der Waals surface area contributed by atoms with E-state index in [1.54, 1.807) is 14.2 Å². The Balaban J connectivity index is 1.82. The van der Waals surface area contributed by atoms with Crippen LogP contribution in [0.15, 0.2) is 48.5 Å². The second kappa shape index (κ2) is 10.2. The van der Waals surface area contributed by atoms with E-state index in [4.69, 9.17) is 15.2 Å². The number of nitrogens with zero attached hydrogens (tertiary/aromatic N) is 1. The summed E-state index contributed by atoms with van der Waals surface area (Å²) in [5.74, 6) is 1.41. The van der Waals surface area contributed by atoms with Crippen LogP contribution in [-0.2, 0) is 9.53 Å². The summed E-state index contributed by atoms with van der Waals surface area (Å²) in [4.78, 5) is 13.4. The van der Waals surface area contributed by atoms with Crippen molar-refractivity contribution in [3.63, 3.8) is 0 Å². The number of hydrogen-bond acceptors (Lipinski definition) is 6. The molecule has 1 aliphatic carbocycles. The van der Waals surface area contributed by atoms with E-state index in [2.05, 4.69) is 30.3 Å². The van der Waals surface area contributed by atoms with Gasteiger partial charge in [0.1, 0.15) is 5.75 Å². The fourth-order valence-corrected chi connectivity index (χ4v) is 6.11. The molecule has 2 N–H and O–H groups in total. The van der Waals surface area contributed by atoms with Gasteiger partial charge in [0.15, 0.2) is 11.9 Å². The fraction of sp³-hybridized carbons (Fsp3) is 0.423. The predicted octanol–water partition coefficient (Wildman–Crippen LogP) is 5.08. The summed E-state index contributed by atoms with van der Waals surface area (Å²) in [6.07, 6.45) is 7.09. The molecule has 2 aromatic rings. The topological polar surface area (TPSA) is 64.8 Å². The summed E-state index contributed by atoms with van der Waals surface area (Å²) in [6.45, 7) is 1.02. The van der Waals surface area contributed by atoms with Gasteiger partial charge < -0.3 is 15.2 Å². The fourth-order valence-electron chi connectivity index (χ4n) is 4.83. The van der Waals surface area contributed by atoms with E-state index in [1.165, 1.54) is 49.6 Å². The van der Waals surface area contributed by atoms with Crippen molar-refractivity contribution in [1.82, 2.24) is 4.31 Å². The molecule has 0 saturated heterocycles. The molecule has 5 nitrogen and oxygen atoms in total. The first kappa shape index (κ1) is 23.1. The Labute approximate surface area is 195 Å². The molecule has 0 amide bonds. The Morgan fingerprint density at radius 1 is 1.09 bits per heavy atom. The average Bonchev–Trinajstić information content (AvgIpc) is 3.16. The summed E-state index contributed by atoms with van der Waals surface area (Å²) in [6, 6.07) is 16.5. The van der Waals surface area contributed by atoms with Crippen LogP contribution in [0.1, 0.15) is 54.7 Å². The number of carbonyl (C=O) groups excluding carboxylic acids is 1. The van der Waals surface area contributed by atoms with Crippen LogP contribution in [0.4, 0.5) is 0 Å². The Bertz CT molecular complexity index is 972. The third-order valence-corrected chi connectivity index (χ3v) is 7.85. The molecule has 1 unspecified atom stereocenters. The number of rotatable bonds is 8. The molecule has 170 valence electrons. The second-order valence-electron chi connectivity index (χ2n) is 8.49. The SMILES string of the molecule is COCCN1SC(c2ccccc2)=C(c2ccc(C3CCCCC3)c(OC)c2)C1(N)C=O. The minimum atomic E-state index is -1.26. The van der Waals surface area contributed by atoms with E-state index in [0.717, 1.165) is 33.6 Å². The molecule has 2 aliphatic rings. The number of benzene rings is 2. The molecule has 4 rings (SSSR count). The zero-order valence-corrected chi connectivity index (χ0v) is 19.7. The number of aldehydes is 1. The van der Waals surface area contributed by atoms with Gasteiger partial charge in [-0.25, -0.2) is 4.31 Å². The highest BCUT2D eigenvalue weighted by molar-refractivity contribution is 8.06. The summed E-state index contributed by atoms with van der Waals surface area (Å²) < 4.78 is 13.0. The van der Waals surface area contributed by atoms with Gasteiger partial charge in [0.05, 0.1) is 13.7 Å². The lowest BCUT2D eigenvalue weighted by molar-refractivity contribution is -0.113. The second-order valence-corrected chi connectivity index (χ2v) is 9.52. The van der Waals surface area contributed by atoms with E-state index >= 15 is 0 Å². The van der Waals surface area contributed by atoms with Crippen molar-refractivity contribution in [2.75, 3.05) is 27.4 Å². The number of methoxy groups -OCH3 is 2. The molecule has 2 aromatic carbocycles. The molecular formula is C26H32N2O3S. The van der Waals surface area contributed by atoms with Crippen LogP contribution in [0.3, 0.4) is 0 Å². The van der Waals surface area contributed by atoms with E-state index < -0.39 is 5.66 Å². The molecule has 0 spiro atoms. The Morgan fingerprint density at radius 3 is 2.50 bits per heavy atom. The van der Waals surface area contributed by atoms with Crippen LogP contribution in [0.25, 0.3) is 10.5 Å². The first-order valence-electron chi connectivity index (χ1n) is 11.3. The van der Waals surface area contributed by atoms with E-state index in [0.29, 0.717) is 19.1 Å². The van der Waals surface area contributed by atoms with Gasteiger partial charge in [-0.05, 0) is 53.5 Å². The maximum atomic E-state index is 12.4. The van der Waals surface area contributed by atoms with Crippen molar-refractivity contribution in [1.29, 1.82) is 0 Å². The van der Waals surface area contributed by atoms with Gasteiger partial charge in [0.25, 0.3) is 0 Å². The maximum Gasteiger partial charge on any atom is 0.163 e. The first-order chi connectivity index (χ1) is 15.6. The van der Waals surface area contributed by atoms with Gasteiger partial charge >= 0.3 is 0 Å². The molecule has 0 radical (unpaired) electrons. The predicted molar refractivity (Wildman–Crippen MR) is 131 cm³/mol. The standard InChI is InChI=1S/C26H32N2O3S/c1-30-16-15-28-26(27,18-29)24(25(32-28)20-11-7-4-8-12-20)21-13-14-22(23(17-21)31-2)19-9-5-3-6-10-19/h4,7-8,11-14,17-19H,3,5-6,9-10,15-16,27H2,1-2H3. The Hall–Kier alpha value is -2.12. The quantitative estimate of drug-likeness (QED) is 0.445. The summed E-state index contributed by atoms with van der Waals surface area (Å²) in [5.41, 5.74) is 9.58. The van der Waals surface area contributed by atoms with Gasteiger partial charge in [-0.2, -0.15) is 0 Å². The smallest absolute Gasteiger partial charge is 0.163 e. The third-order valence-electron chi connectivity index (χ3n) is 6.52. The van der Waals surface area contributed by atoms with Crippen molar-refractivity contribution >= 4 is 28.7 Å². The van der Waals surface area contributed by atoms with Crippen LogP contribution in [0.5, 0.6) is 5.75 Å². The van der Waals surface area contributed by atoms with Gasteiger partial charge in [0.2, 0.25) is 0 Å². The summed E-state index contributed by atoms with van der Waals surface area (Å²) in [7, 11) is 3.38. The van der Waals surface area contributed by atoms with Crippen molar-refractivity contribution in [3.05, 3.63) is 65.2 Å². The number of ether oxygens (including phenoxy) is 2. The van der Waals surface area contributed by atoms with Crippen molar-refractivity contribution in [2.24, 2.45) is 5.73 Å². The lowest BCUT2D eigenvalue weighted by atomic mass is 9.82. The molecule has 0 aromatic heterocycles. The van der Waals surface area contributed by atoms with Crippen molar-refractivity contribution in [2.45, 2.75) is 43.7 Å². The summed E-state index contributed by atoms with van der Waals surface area (Å²) >= 11 is 1.52. The van der Waals surface area contributed by atoms with Crippen LogP contribution >= 0.6 is 11.9 Å². The zero-order valence-electron chi connectivity index (χ0n) is 18.9.